The van der Waals surface area contributed by atoms with Gasteiger partial charge in [0.1, 0.15) is 11.6 Å². The van der Waals surface area contributed by atoms with E-state index in [9.17, 15) is 4.79 Å². The Kier molecular flexibility index (Phi) is 7.12. The van der Waals surface area contributed by atoms with Crippen molar-refractivity contribution in [2.24, 2.45) is 0 Å². The number of carbonyl (C=O) groups excluding carboxylic acids is 1. The van der Waals surface area contributed by atoms with Gasteiger partial charge >= 0.3 is 0 Å². The molecule has 2 fully saturated rings. The lowest BCUT2D eigenvalue weighted by molar-refractivity contribution is -0.137. The molecule has 1 saturated carbocycles. The number of anilines is 2. The average Bonchev–Trinajstić information content (AvgIpc) is 3.23. The topological polar surface area (TPSA) is 74.2 Å². The number of hydrogen-bond donors (Lipinski definition) is 1. The number of hydrogen-bond acceptors (Lipinski definition) is 6. The van der Waals surface area contributed by atoms with E-state index >= 15 is 0 Å². The van der Waals surface area contributed by atoms with Gasteiger partial charge in [0.2, 0.25) is 5.91 Å². The third-order valence-electron chi connectivity index (χ3n) is 6.45. The molecule has 1 amide bonds. The molecule has 0 bridgehead atoms. The zero-order valence-corrected chi connectivity index (χ0v) is 18.7. The number of amides is 1. The van der Waals surface area contributed by atoms with E-state index in [0.29, 0.717) is 18.4 Å². The molecule has 1 aliphatic heterocycles. The highest BCUT2D eigenvalue weighted by molar-refractivity contribution is 5.79. The molecule has 166 valence electrons. The third-order valence-corrected chi connectivity index (χ3v) is 6.45. The molecule has 2 aromatic heterocycles. The molecule has 7 heteroatoms. The summed E-state index contributed by atoms with van der Waals surface area (Å²) in [5.41, 5.74) is 1.01. The normalized spacial score (nSPS) is 20.2. The van der Waals surface area contributed by atoms with Crippen LogP contribution in [0, 0.1) is 0 Å². The van der Waals surface area contributed by atoms with Crippen molar-refractivity contribution in [2.45, 2.75) is 76.9 Å². The number of aromatic nitrogens is 3. The Hall–Kier alpha value is -2.54. The fourth-order valence-electron chi connectivity index (χ4n) is 5.08. The lowest BCUT2D eigenvalue weighted by Crippen LogP contribution is -2.49. The second-order valence-electron chi connectivity index (χ2n) is 8.98. The Bertz CT molecular complexity index is 852. The molecule has 0 spiro atoms. The summed E-state index contributed by atoms with van der Waals surface area (Å²) in [5, 5.41) is 3.22. The highest BCUT2D eigenvalue weighted by Crippen LogP contribution is 2.32. The summed E-state index contributed by atoms with van der Waals surface area (Å²) >= 11 is 0. The monoisotopic (exact) mass is 422 g/mol. The number of nitrogens with one attached hydrogen (secondary N) is 1. The largest absolute Gasteiger partial charge is 0.336 e. The zero-order valence-electron chi connectivity index (χ0n) is 18.7. The maximum atomic E-state index is 13.4. The van der Waals surface area contributed by atoms with Crippen LogP contribution in [-0.2, 0) is 4.79 Å². The van der Waals surface area contributed by atoms with Crippen LogP contribution >= 0.6 is 0 Å². The molecule has 7 nitrogen and oxygen atoms in total. The molecule has 0 aromatic carbocycles. The summed E-state index contributed by atoms with van der Waals surface area (Å²) in [5.74, 6) is 1.69. The molecule has 2 aliphatic rings. The number of nitrogens with zero attached hydrogens (tertiary/aromatic N) is 5. The van der Waals surface area contributed by atoms with Crippen LogP contribution in [-0.4, -0.2) is 55.8 Å². The first-order valence-corrected chi connectivity index (χ1v) is 11.7. The van der Waals surface area contributed by atoms with E-state index < -0.39 is 0 Å². The highest BCUT2D eigenvalue weighted by Gasteiger charge is 2.33. The predicted molar refractivity (Wildman–Crippen MR) is 122 cm³/mol. The second-order valence-corrected chi connectivity index (χ2v) is 8.98. The van der Waals surface area contributed by atoms with E-state index in [1.807, 2.05) is 12.1 Å². The highest BCUT2D eigenvalue weighted by atomic mass is 16.2. The summed E-state index contributed by atoms with van der Waals surface area (Å²) in [7, 11) is 0. The van der Waals surface area contributed by atoms with Gasteiger partial charge in [-0.1, -0.05) is 25.3 Å². The summed E-state index contributed by atoms with van der Waals surface area (Å²) in [6.07, 6.45) is 13.2. The van der Waals surface area contributed by atoms with Crippen LogP contribution in [0.3, 0.4) is 0 Å². The van der Waals surface area contributed by atoms with E-state index in [2.05, 4.69) is 45.0 Å². The second kappa shape index (κ2) is 10.2. The number of rotatable bonds is 7. The van der Waals surface area contributed by atoms with Crippen LogP contribution in [0.25, 0.3) is 0 Å². The predicted octanol–water partition coefficient (Wildman–Crippen LogP) is 4.32. The Morgan fingerprint density at radius 3 is 2.71 bits per heavy atom. The summed E-state index contributed by atoms with van der Waals surface area (Å²) in [6, 6.07) is 6.84. The van der Waals surface area contributed by atoms with Gasteiger partial charge in [0.05, 0.1) is 24.5 Å². The first-order valence-electron chi connectivity index (χ1n) is 11.7. The molecule has 1 unspecified atom stereocenters. The van der Waals surface area contributed by atoms with Crippen molar-refractivity contribution >= 4 is 17.5 Å². The minimum Gasteiger partial charge on any atom is -0.336 e. The lowest BCUT2D eigenvalue weighted by Gasteiger charge is -2.38. The van der Waals surface area contributed by atoms with Crippen molar-refractivity contribution in [2.75, 3.05) is 18.4 Å². The smallest absolute Gasteiger partial charge is 0.237 e. The van der Waals surface area contributed by atoms with Gasteiger partial charge in [0.15, 0.2) is 0 Å². The van der Waals surface area contributed by atoms with Crippen molar-refractivity contribution in [1.82, 2.24) is 24.8 Å². The molecule has 1 saturated heterocycles. The van der Waals surface area contributed by atoms with Crippen LogP contribution in [0.15, 0.2) is 36.8 Å². The van der Waals surface area contributed by atoms with Gasteiger partial charge in [-0.05, 0) is 58.2 Å². The van der Waals surface area contributed by atoms with Gasteiger partial charge in [0.25, 0.3) is 0 Å². The average molecular weight is 423 g/mol. The van der Waals surface area contributed by atoms with Gasteiger partial charge in [-0.2, -0.15) is 0 Å². The summed E-state index contributed by atoms with van der Waals surface area (Å²) < 4.78 is 0. The van der Waals surface area contributed by atoms with Gasteiger partial charge in [-0.25, -0.2) is 9.97 Å². The zero-order chi connectivity index (χ0) is 21.6. The molecular formula is C24H34N6O. The molecule has 4 rings (SSSR count). The standard InChI is InChI=1S/C24H34N6O/c1-18(2)30(19-8-4-3-5-9-19)24(31)17-29-15-7-11-21(29)20-10-6-12-22(27-20)28-23-16-25-13-14-26-23/h6,10,12-14,16,18-19,21H,3-5,7-9,11,15,17H2,1-2H3,(H,26,27,28). The van der Waals surface area contributed by atoms with E-state index in [1.54, 1.807) is 18.6 Å². The maximum absolute atomic E-state index is 13.4. The maximum Gasteiger partial charge on any atom is 0.237 e. The van der Waals surface area contributed by atoms with E-state index in [1.165, 1.54) is 19.3 Å². The third kappa shape index (κ3) is 5.39. The van der Waals surface area contributed by atoms with E-state index in [4.69, 9.17) is 4.98 Å². The van der Waals surface area contributed by atoms with E-state index in [-0.39, 0.29) is 18.0 Å². The van der Waals surface area contributed by atoms with Crippen LogP contribution in [0.4, 0.5) is 11.6 Å². The minimum atomic E-state index is 0.174. The van der Waals surface area contributed by atoms with Crippen LogP contribution in [0.1, 0.15) is 70.5 Å². The fraction of sp³-hybridized carbons (Fsp3) is 0.583. The minimum absolute atomic E-state index is 0.174. The van der Waals surface area contributed by atoms with Crippen LogP contribution in [0.2, 0.25) is 0 Å². The molecule has 1 N–H and O–H groups in total. The number of pyridine rings is 1. The van der Waals surface area contributed by atoms with Crippen LogP contribution in [0.5, 0.6) is 0 Å². The lowest BCUT2D eigenvalue weighted by atomic mass is 9.93. The molecular weight excluding hydrogens is 388 g/mol. The first kappa shape index (κ1) is 21.7. The molecule has 3 heterocycles. The fourth-order valence-corrected chi connectivity index (χ4v) is 5.08. The SMILES string of the molecule is CC(C)N(C(=O)CN1CCCC1c1cccc(Nc2cnccn2)n1)C1CCCCC1. The molecule has 0 radical (unpaired) electrons. The van der Waals surface area contributed by atoms with Crippen molar-refractivity contribution in [3.8, 4) is 0 Å². The summed E-state index contributed by atoms with van der Waals surface area (Å²) in [4.78, 5) is 31.0. The quantitative estimate of drug-likeness (QED) is 0.716. The van der Waals surface area contributed by atoms with Crippen LogP contribution < -0.4 is 5.32 Å². The Morgan fingerprint density at radius 2 is 1.97 bits per heavy atom. The Morgan fingerprint density at radius 1 is 1.13 bits per heavy atom. The number of carbonyl (C=O) groups is 1. The van der Waals surface area contributed by atoms with Crippen molar-refractivity contribution in [3.05, 3.63) is 42.5 Å². The first-order chi connectivity index (χ1) is 15.1. The Balaban J connectivity index is 1.45. The molecule has 2 aromatic rings. The number of likely N-dealkylation sites (tertiary alicyclic amines) is 1. The van der Waals surface area contributed by atoms with Gasteiger partial charge in [-0.3, -0.25) is 14.7 Å². The van der Waals surface area contributed by atoms with Crippen molar-refractivity contribution in [3.63, 3.8) is 0 Å². The molecule has 31 heavy (non-hydrogen) atoms. The van der Waals surface area contributed by atoms with Gasteiger partial charge < -0.3 is 10.2 Å². The van der Waals surface area contributed by atoms with Crippen molar-refractivity contribution in [1.29, 1.82) is 0 Å². The van der Waals surface area contributed by atoms with Gasteiger partial charge in [0, 0.05) is 24.5 Å². The molecule has 1 aliphatic carbocycles. The van der Waals surface area contributed by atoms with Gasteiger partial charge in [-0.15, -0.1) is 0 Å². The van der Waals surface area contributed by atoms with E-state index in [0.717, 1.165) is 43.7 Å². The molecule has 1 atom stereocenters. The summed E-state index contributed by atoms with van der Waals surface area (Å²) in [6.45, 7) is 5.72. The van der Waals surface area contributed by atoms with Crippen molar-refractivity contribution < 1.29 is 4.79 Å². The Labute approximate surface area is 185 Å².